The van der Waals surface area contributed by atoms with E-state index < -0.39 is 24.7 Å². The Hall–Kier alpha value is -1.08. The summed E-state index contributed by atoms with van der Waals surface area (Å²) < 4.78 is 36.0. The van der Waals surface area contributed by atoms with E-state index in [0.717, 1.165) is 11.3 Å². The zero-order valence-electron chi connectivity index (χ0n) is 10.8. The number of amides is 1. The van der Waals surface area contributed by atoms with Crippen molar-refractivity contribution >= 4 is 17.2 Å². The number of rotatable bonds is 6. The lowest BCUT2D eigenvalue weighted by molar-refractivity contribution is -0.139. The van der Waals surface area contributed by atoms with E-state index in [4.69, 9.17) is 0 Å². The molecule has 0 aliphatic rings. The second kappa shape index (κ2) is 6.91. The van der Waals surface area contributed by atoms with Gasteiger partial charge in [0.1, 0.15) is 6.54 Å². The molecule has 1 aromatic rings. The standard InChI is InChI=1S/C12H17F3N2OS/c1-3-9(10-5-4-6-19-10)17-8(2)11(18)16-7-12(13,14)15/h4-6,8-9,17H,3,7H2,1-2H3,(H,16,18). The number of alkyl halides is 3. The summed E-state index contributed by atoms with van der Waals surface area (Å²) in [5.74, 6) is -0.646. The van der Waals surface area contributed by atoms with Gasteiger partial charge < -0.3 is 5.32 Å². The number of halogens is 3. The second-order valence-corrected chi connectivity index (χ2v) is 5.18. The van der Waals surface area contributed by atoms with Gasteiger partial charge in [-0.05, 0) is 24.8 Å². The molecule has 1 heterocycles. The Kier molecular flexibility index (Phi) is 5.81. The first-order valence-corrected chi connectivity index (χ1v) is 6.85. The molecule has 1 amide bonds. The third-order valence-electron chi connectivity index (χ3n) is 2.60. The number of carbonyl (C=O) groups is 1. The molecule has 0 spiro atoms. The van der Waals surface area contributed by atoms with Crippen molar-refractivity contribution in [3.8, 4) is 0 Å². The molecule has 3 nitrogen and oxygen atoms in total. The minimum absolute atomic E-state index is 0.0216. The van der Waals surface area contributed by atoms with Crippen molar-refractivity contribution in [1.29, 1.82) is 0 Å². The van der Waals surface area contributed by atoms with Crippen molar-refractivity contribution < 1.29 is 18.0 Å². The molecule has 0 saturated carbocycles. The smallest absolute Gasteiger partial charge is 0.346 e. The maximum atomic E-state index is 12.0. The van der Waals surface area contributed by atoms with E-state index >= 15 is 0 Å². The van der Waals surface area contributed by atoms with Crippen molar-refractivity contribution in [3.63, 3.8) is 0 Å². The van der Waals surface area contributed by atoms with Crippen LogP contribution >= 0.6 is 11.3 Å². The fourth-order valence-corrected chi connectivity index (χ4v) is 2.48. The van der Waals surface area contributed by atoms with Gasteiger partial charge in [-0.1, -0.05) is 13.0 Å². The summed E-state index contributed by atoms with van der Waals surface area (Å²) in [6.45, 7) is 2.22. The molecule has 108 valence electrons. The van der Waals surface area contributed by atoms with Gasteiger partial charge in [0.25, 0.3) is 0 Å². The number of hydrogen-bond acceptors (Lipinski definition) is 3. The molecule has 0 bridgehead atoms. The monoisotopic (exact) mass is 294 g/mol. The van der Waals surface area contributed by atoms with E-state index in [9.17, 15) is 18.0 Å². The van der Waals surface area contributed by atoms with Gasteiger partial charge in [-0.3, -0.25) is 10.1 Å². The van der Waals surface area contributed by atoms with Gasteiger partial charge in [-0.2, -0.15) is 13.2 Å². The Bertz CT molecular complexity index is 392. The zero-order chi connectivity index (χ0) is 14.5. The average molecular weight is 294 g/mol. The second-order valence-electron chi connectivity index (χ2n) is 4.20. The lowest BCUT2D eigenvalue weighted by Crippen LogP contribution is -2.46. The van der Waals surface area contributed by atoms with Crippen LogP contribution in [0.4, 0.5) is 13.2 Å². The molecule has 19 heavy (non-hydrogen) atoms. The SMILES string of the molecule is CCC(NC(C)C(=O)NCC(F)(F)F)c1cccs1. The highest BCUT2D eigenvalue weighted by Gasteiger charge is 2.29. The van der Waals surface area contributed by atoms with Crippen LogP contribution in [0.5, 0.6) is 0 Å². The van der Waals surface area contributed by atoms with Gasteiger partial charge in [0.2, 0.25) is 5.91 Å². The molecule has 0 radical (unpaired) electrons. The molecule has 0 fully saturated rings. The van der Waals surface area contributed by atoms with Crippen molar-refractivity contribution in [2.45, 2.75) is 38.5 Å². The molecule has 0 aliphatic carbocycles. The maximum absolute atomic E-state index is 12.0. The van der Waals surface area contributed by atoms with Crippen molar-refractivity contribution in [1.82, 2.24) is 10.6 Å². The topological polar surface area (TPSA) is 41.1 Å². The first-order valence-electron chi connectivity index (χ1n) is 5.97. The van der Waals surface area contributed by atoms with Gasteiger partial charge in [-0.25, -0.2) is 0 Å². The van der Waals surface area contributed by atoms with Crippen LogP contribution in [0.1, 0.15) is 31.2 Å². The van der Waals surface area contributed by atoms with Gasteiger partial charge >= 0.3 is 6.18 Å². The molecule has 1 aromatic heterocycles. The van der Waals surface area contributed by atoms with Crippen molar-refractivity contribution in [2.24, 2.45) is 0 Å². The van der Waals surface area contributed by atoms with E-state index in [2.05, 4.69) is 5.32 Å². The number of carbonyl (C=O) groups excluding carboxylic acids is 1. The molecule has 2 atom stereocenters. The molecule has 0 aliphatic heterocycles. The summed E-state index contributed by atoms with van der Waals surface area (Å²) in [6, 6.07) is 3.14. The van der Waals surface area contributed by atoms with Crippen molar-refractivity contribution in [2.75, 3.05) is 6.54 Å². The van der Waals surface area contributed by atoms with Crippen LogP contribution < -0.4 is 10.6 Å². The third kappa shape index (κ3) is 5.61. The van der Waals surface area contributed by atoms with E-state index in [1.54, 1.807) is 18.3 Å². The molecule has 0 aromatic carbocycles. The molecule has 1 rings (SSSR count). The van der Waals surface area contributed by atoms with Crippen LogP contribution in [0.2, 0.25) is 0 Å². The summed E-state index contributed by atoms with van der Waals surface area (Å²) in [5.41, 5.74) is 0. The van der Waals surface area contributed by atoms with E-state index in [1.807, 2.05) is 29.8 Å². The van der Waals surface area contributed by atoms with Crippen molar-refractivity contribution in [3.05, 3.63) is 22.4 Å². The summed E-state index contributed by atoms with van der Waals surface area (Å²) in [7, 11) is 0. The molecular formula is C12H17F3N2OS. The molecule has 7 heteroatoms. The largest absolute Gasteiger partial charge is 0.405 e. The fourth-order valence-electron chi connectivity index (χ4n) is 1.61. The highest BCUT2D eigenvalue weighted by Crippen LogP contribution is 2.22. The Labute approximate surface area is 114 Å². The highest BCUT2D eigenvalue weighted by atomic mass is 32.1. The Morgan fingerprint density at radius 2 is 2.16 bits per heavy atom. The van der Waals surface area contributed by atoms with Gasteiger partial charge in [0.15, 0.2) is 0 Å². The zero-order valence-corrected chi connectivity index (χ0v) is 11.6. The average Bonchev–Trinajstić information content (AvgIpc) is 2.85. The van der Waals surface area contributed by atoms with Crippen LogP contribution in [0.15, 0.2) is 17.5 Å². The van der Waals surface area contributed by atoms with Crippen LogP contribution in [0, 0.1) is 0 Å². The molecule has 2 unspecified atom stereocenters. The minimum Gasteiger partial charge on any atom is -0.346 e. The normalized spacial score (nSPS) is 15.0. The summed E-state index contributed by atoms with van der Waals surface area (Å²) in [5, 5.41) is 6.83. The highest BCUT2D eigenvalue weighted by molar-refractivity contribution is 7.10. The third-order valence-corrected chi connectivity index (χ3v) is 3.59. The van der Waals surface area contributed by atoms with E-state index in [1.165, 1.54) is 0 Å². The van der Waals surface area contributed by atoms with Crippen LogP contribution in [0.25, 0.3) is 0 Å². The summed E-state index contributed by atoms with van der Waals surface area (Å²) in [6.07, 6.45) is -3.62. The number of nitrogens with one attached hydrogen (secondary N) is 2. The van der Waals surface area contributed by atoms with Crippen LogP contribution in [-0.2, 0) is 4.79 Å². The molecule has 0 saturated heterocycles. The predicted octanol–water partition coefficient (Wildman–Crippen LogP) is 2.86. The number of thiophene rings is 1. The van der Waals surface area contributed by atoms with E-state index in [0.29, 0.717) is 0 Å². The van der Waals surface area contributed by atoms with Gasteiger partial charge in [0.05, 0.1) is 6.04 Å². The molecular weight excluding hydrogens is 277 g/mol. The predicted molar refractivity (Wildman–Crippen MR) is 69.0 cm³/mol. The van der Waals surface area contributed by atoms with Crippen LogP contribution in [0.3, 0.4) is 0 Å². The summed E-state index contributed by atoms with van der Waals surface area (Å²) >= 11 is 1.55. The summed E-state index contributed by atoms with van der Waals surface area (Å²) in [4.78, 5) is 12.6. The first-order chi connectivity index (χ1) is 8.83. The van der Waals surface area contributed by atoms with E-state index in [-0.39, 0.29) is 6.04 Å². The van der Waals surface area contributed by atoms with Gasteiger partial charge in [-0.15, -0.1) is 11.3 Å². The van der Waals surface area contributed by atoms with Gasteiger partial charge in [0, 0.05) is 10.9 Å². The van der Waals surface area contributed by atoms with Crippen LogP contribution in [-0.4, -0.2) is 24.7 Å². The lowest BCUT2D eigenvalue weighted by Gasteiger charge is -2.21. The maximum Gasteiger partial charge on any atom is 0.405 e. The number of hydrogen-bond donors (Lipinski definition) is 2. The Balaban J connectivity index is 2.49. The Morgan fingerprint density at radius 1 is 1.47 bits per heavy atom. The quantitative estimate of drug-likeness (QED) is 0.847. The lowest BCUT2D eigenvalue weighted by atomic mass is 10.1. The first kappa shape index (κ1) is 16.0. The molecule has 2 N–H and O–H groups in total. The Morgan fingerprint density at radius 3 is 2.63 bits per heavy atom. The fraction of sp³-hybridized carbons (Fsp3) is 0.583. The minimum atomic E-state index is -4.38.